The van der Waals surface area contributed by atoms with E-state index in [1.54, 1.807) is 18.2 Å². The summed E-state index contributed by atoms with van der Waals surface area (Å²) in [7, 11) is 0. The Morgan fingerprint density at radius 3 is 2.68 bits per heavy atom. The molecule has 0 bridgehead atoms. The number of anilines is 1. The van der Waals surface area contributed by atoms with Crippen LogP contribution < -0.4 is 5.32 Å². The Labute approximate surface area is 120 Å². The fraction of sp³-hybridized carbons (Fsp3) is 0.0714. The molecule has 0 aliphatic rings. The molecule has 19 heavy (non-hydrogen) atoms. The number of hydrogen-bond donors (Lipinski definition) is 1. The Balaban J connectivity index is 2.18. The van der Waals surface area contributed by atoms with Crippen molar-refractivity contribution in [1.29, 1.82) is 0 Å². The van der Waals surface area contributed by atoms with E-state index in [4.69, 9.17) is 23.2 Å². The van der Waals surface area contributed by atoms with Crippen molar-refractivity contribution in [3.05, 3.63) is 64.4 Å². The normalized spacial score (nSPS) is 10.3. The molecule has 2 aromatic rings. The summed E-state index contributed by atoms with van der Waals surface area (Å²) >= 11 is 11.4. The van der Waals surface area contributed by atoms with Crippen LogP contribution in [0.2, 0.25) is 5.02 Å². The van der Waals surface area contributed by atoms with Crippen molar-refractivity contribution in [3.63, 3.8) is 0 Å². The molecule has 2 aromatic carbocycles. The van der Waals surface area contributed by atoms with Crippen LogP contribution in [0.4, 0.5) is 10.1 Å². The molecule has 0 saturated carbocycles. The van der Waals surface area contributed by atoms with E-state index in [1.165, 1.54) is 12.1 Å². The first-order valence-corrected chi connectivity index (χ1v) is 6.42. The predicted molar refractivity (Wildman–Crippen MR) is 75.4 cm³/mol. The highest BCUT2D eigenvalue weighted by Gasteiger charge is 2.09. The van der Waals surface area contributed by atoms with Gasteiger partial charge >= 0.3 is 0 Å². The second kappa shape index (κ2) is 6.04. The van der Waals surface area contributed by atoms with Crippen LogP contribution in [-0.2, 0) is 5.88 Å². The summed E-state index contributed by atoms with van der Waals surface area (Å²) in [5.74, 6) is -0.539. The molecule has 5 heteroatoms. The fourth-order valence-corrected chi connectivity index (χ4v) is 1.92. The topological polar surface area (TPSA) is 29.1 Å². The number of carbonyl (C=O) groups is 1. The SMILES string of the molecule is O=C(Nc1cccc(CCl)c1)c1ccc(F)c(Cl)c1. The number of alkyl halides is 1. The second-order valence-corrected chi connectivity index (χ2v) is 4.59. The smallest absolute Gasteiger partial charge is 0.255 e. The van der Waals surface area contributed by atoms with Gasteiger partial charge in [0, 0.05) is 17.1 Å². The molecular weight excluding hydrogens is 288 g/mol. The maximum Gasteiger partial charge on any atom is 0.255 e. The average molecular weight is 298 g/mol. The van der Waals surface area contributed by atoms with Crippen molar-refractivity contribution in [2.75, 3.05) is 5.32 Å². The van der Waals surface area contributed by atoms with Crippen LogP contribution in [0.5, 0.6) is 0 Å². The van der Waals surface area contributed by atoms with Crippen LogP contribution >= 0.6 is 23.2 Å². The molecule has 0 radical (unpaired) electrons. The highest BCUT2D eigenvalue weighted by atomic mass is 35.5. The molecule has 0 aliphatic heterocycles. The molecule has 2 rings (SSSR count). The lowest BCUT2D eigenvalue weighted by Crippen LogP contribution is -2.12. The van der Waals surface area contributed by atoms with Gasteiger partial charge in [0.15, 0.2) is 0 Å². The average Bonchev–Trinajstić information content (AvgIpc) is 2.42. The summed E-state index contributed by atoms with van der Waals surface area (Å²) in [6.45, 7) is 0. The van der Waals surface area contributed by atoms with Crippen LogP contribution in [0.15, 0.2) is 42.5 Å². The first-order valence-electron chi connectivity index (χ1n) is 5.51. The monoisotopic (exact) mass is 297 g/mol. The number of rotatable bonds is 3. The van der Waals surface area contributed by atoms with Crippen LogP contribution in [0.1, 0.15) is 15.9 Å². The zero-order chi connectivity index (χ0) is 13.8. The van der Waals surface area contributed by atoms with Crippen molar-refractivity contribution in [2.45, 2.75) is 5.88 Å². The lowest BCUT2D eigenvalue weighted by Gasteiger charge is -2.07. The van der Waals surface area contributed by atoms with Gasteiger partial charge in [0.05, 0.1) is 5.02 Å². The van der Waals surface area contributed by atoms with E-state index >= 15 is 0 Å². The summed E-state index contributed by atoms with van der Waals surface area (Å²) in [6.07, 6.45) is 0. The maximum atomic E-state index is 13.0. The molecule has 0 aliphatic carbocycles. The van der Waals surface area contributed by atoms with E-state index in [9.17, 15) is 9.18 Å². The first kappa shape index (κ1) is 13.8. The van der Waals surface area contributed by atoms with Crippen molar-refractivity contribution in [2.24, 2.45) is 0 Å². The molecule has 0 unspecified atom stereocenters. The number of carbonyl (C=O) groups excluding carboxylic acids is 1. The number of halogens is 3. The summed E-state index contributed by atoms with van der Waals surface area (Å²) < 4.78 is 13.0. The van der Waals surface area contributed by atoms with Gasteiger partial charge in [0.2, 0.25) is 0 Å². The number of nitrogens with one attached hydrogen (secondary N) is 1. The second-order valence-electron chi connectivity index (χ2n) is 3.92. The Morgan fingerprint density at radius 1 is 1.21 bits per heavy atom. The van der Waals surface area contributed by atoms with E-state index in [0.717, 1.165) is 11.6 Å². The van der Waals surface area contributed by atoms with E-state index in [1.807, 2.05) is 6.07 Å². The summed E-state index contributed by atoms with van der Waals surface area (Å²) in [6, 6.07) is 11.0. The van der Waals surface area contributed by atoms with Crippen LogP contribution in [0.3, 0.4) is 0 Å². The van der Waals surface area contributed by atoms with Crippen LogP contribution in [0, 0.1) is 5.82 Å². The van der Waals surface area contributed by atoms with Gasteiger partial charge < -0.3 is 5.32 Å². The number of hydrogen-bond acceptors (Lipinski definition) is 1. The maximum absolute atomic E-state index is 13.0. The minimum Gasteiger partial charge on any atom is -0.322 e. The highest BCUT2D eigenvalue weighted by Crippen LogP contribution is 2.18. The molecule has 2 nitrogen and oxygen atoms in total. The third kappa shape index (κ3) is 3.46. The first-order chi connectivity index (χ1) is 9.10. The largest absolute Gasteiger partial charge is 0.322 e. The predicted octanol–water partition coefficient (Wildman–Crippen LogP) is 4.47. The van der Waals surface area contributed by atoms with E-state index < -0.39 is 5.82 Å². The van der Waals surface area contributed by atoms with Crippen LogP contribution in [-0.4, -0.2) is 5.91 Å². The summed E-state index contributed by atoms with van der Waals surface area (Å²) in [5.41, 5.74) is 1.82. The molecule has 0 atom stereocenters. The molecule has 0 fully saturated rings. The minimum absolute atomic E-state index is 0.0813. The van der Waals surface area contributed by atoms with Crippen molar-refractivity contribution in [3.8, 4) is 0 Å². The molecular formula is C14H10Cl2FNO. The zero-order valence-electron chi connectivity index (χ0n) is 9.79. The van der Waals surface area contributed by atoms with Crippen molar-refractivity contribution < 1.29 is 9.18 Å². The van der Waals surface area contributed by atoms with Gasteiger partial charge in [-0.15, -0.1) is 11.6 Å². The molecule has 0 spiro atoms. The highest BCUT2D eigenvalue weighted by molar-refractivity contribution is 6.31. The van der Waals surface area contributed by atoms with Gasteiger partial charge in [-0.3, -0.25) is 4.79 Å². The van der Waals surface area contributed by atoms with Gasteiger partial charge in [0.1, 0.15) is 5.82 Å². The zero-order valence-corrected chi connectivity index (χ0v) is 11.3. The lowest BCUT2D eigenvalue weighted by molar-refractivity contribution is 0.102. The van der Waals surface area contributed by atoms with Crippen molar-refractivity contribution >= 4 is 34.8 Å². The van der Waals surface area contributed by atoms with Gasteiger partial charge in [0.25, 0.3) is 5.91 Å². The van der Waals surface area contributed by atoms with Crippen LogP contribution in [0.25, 0.3) is 0 Å². The van der Waals surface area contributed by atoms with E-state index in [2.05, 4.69) is 5.32 Å². The summed E-state index contributed by atoms with van der Waals surface area (Å²) in [4.78, 5) is 12.0. The van der Waals surface area contributed by atoms with Crippen molar-refractivity contribution in [1.82, 2.24) is 0 Å². The number of amides is 1. The lowest BCUT2D eigenvalue weighted by atomic mass is 10.2. The Morgan fingerprint density at radius 2 is 2.00 bits per heavy atom. The molecule has 1 N–H and O–H groups in total. The number of benzene rings is 2. The molecule has 1 amide bonds. The third-order valence-corrected chi connectivity index (χ3v) is 3.12. The quantitative estimate of drug-likeness (QED) is 0.832. The van der Waals surface area contributed by atoms with Gasteiger partial charge in [-0.1, -0.05) is 23.7 Å². The minimum atomic E-state index is -0.553. The third-order valence-electron chi connectivity index (χ3n) is 2.52. The summed E-state index contributed by atoms with van der Waals surface area (Å²) in [5, 5.41) is 2.62. The Hall–Kier alpha value is -1.58. The van der Waals surface area contributed by atoms with Gasteiger partial charge in [-0.2, -0.15) is 0 Å². The Kier molecular flexibility index (Phi) is 4.40. The molecule has 98 valence electrons. The molecule has 0 aromatic heterocycles. The van der Waals surface area contributed by atoms with Gasteiger partial charge in [-0.25, -0.2) is 4.39 Å². The molecule has 0 saturated heterocycles. The van der Waals surface area contributed by atoms with E-state index in [0.29, 0.717) is 17.1 Å². The standard InChI is InChI=1S/C14H10Cl2FNO/c15-8-9-2-1-3-11(6-9)18-14(19)10-4-5-13(17)12(16)7-10/h1-7H,8H2,(H,18,19). The van der Waals surface area contributed by atoms with Gasteiger partial charge in [-0.05, 0) is 35.9 Å². The Bertz CT molecular complexity index is 616. The van der Waals surface area contributed by atoms with E-state index in [-0.39, 0.29) is 10.9 Å². The molecule has 0 heterocycles. The fourth-order valence-electron chi connectivity index (χ4n) is 1.57.